The van der Waals surface area contributed by atoms with Crippen molar-refractivity contribution in [3.8, 4) is 23.2 Å². The van der Waals surface area contributed by atoms with Gasteiger partial charge in [-0.15, -0.1) is 0 Å². The van der Waals surface area contributed by atoms with Gasteiger partial charge in [-0.05, 0) is 0 Å². The molecule has 1 aromatic carbocycles. The number of halogens is 1. The van der Waals surface area contributed by atoms with Crippen LogP contribution in [0.2, 0.25) is 0 Å². The number of ether oxygens (including phenoxy) is 1. The number of carbonyl (C=O) groups is 1. The summed E-state index contributed by atoms with van der Waals surface area (Å²) < 4.78 is 8.68. The van der Waals surface area contributed by atoms with Crippen molar-refractivity contribution >= 4 is 38.3 Å². The Balaban J connectivity index is 1.11. The van der Waals surface area contributed by atoms with E-state index in [1.165, 1.54) is 7.11 Å². The fraction of sp³-hybridized carbons (Fsp3) is 0.424. The average Bonchev–Trinajstić information content (AvgIpc) is 3.36. The normalized spacial score (nSPS) is 20.8. The van der Waals surface area contributed by atoms with Crippen molar-refractivity contribution in [2.45, 2.75) is 57.1 Å². The number of hydrogen-bond acceptors (Lipinski definition) is 12. The molecular weight excluding hydrogens is 725 g/mol. The Morgan fingerprint density at radius 2 is 1.77 bits per heavy atom. The predicted molar refractivity (Wildman–Crippen MR) is 190 cm³/mol. The Labute approximate surface area is 287 Å². The molecule has 14 nitrogen and oxygen atoms in total. The molecule has 6 rings (SSSR count). The number of urea groups is 1. The van der Waals surface area contributed by atoms with Gasteiger partial charge in [0.1, 0.15) is 0 Å². The van der Waals surface area contributed by atoms with Crippen LogP contribution in [0.15, 0.2) is 71.5 Å². The van der Waals surface area contributed by atoms with Crippen LogP contribution in [0.3, 0.4) is 0 Å². The molecule has 0 spiro atoms. The Morgan fingerprint density at radius 3 is 2.46 bits per heavy atom. The molecule has 5 heterocycles. The van der Waals surface area contributed by atoms with E-state index in [0.29, 0.717) is 31.0 Å². The number of anilines is 1. The van der Waals surface area contributed by atoms with Gasteiger partial charge in [0.25, 0.3) is 0 Å². The molecule has 0 aliphatic carbocycles. The predicted octanol–water partition coefficient (Wildman–Crippen LogP) is 3.37. The molecule has 2 unspecified atom stereocenters. The molecule has 2 fully saturated rings. The van der Waals surface area contributed by atoms with E-state index in [9.17, 15) is 15.2 Å². The summed E-state index contributed by atoms with van der Waals surface area (Å²) >= 11 is -2.06. The first kappa shape index (κ1) is 33.5. The van der Waals surface area contributed by atoms with Crippen molar-refractivity contribution in [2.75, 3.05) is 32.2 Å². The summed E-state index contributed by atoms with van der Waals surface area (Å²) in [6.45, 7) is 1.88. The monoisotopic (exact) mass is 765 g/mol. The molecule has 0 bridgehead atoms. The molecule has 15 heteroatoms. The molecule has 2 saturated heterocycles. The Bertz CT molecular complexity index is 1630. The summed E-state index contributed by atoms with van der Waals surface area (Å²) in [6.07, 6.45) is 11.8. The molecule has 0 saturated carbocycles. The molecule has 2 atom stereocenters. The molecule has 252 valence electrons. The maximum atomic E-state index is 13.8. The van der Waals surface area contributed by atoms with Gasteiger partial charge >= 0.3 is 289 Å². The van der Waals surface area contributed by atoms with Gasteiger partial charge < -0.3 is 0 Å². The molecule has 0 radical (unpaired) electrons. The van der Waals surface area contributed by atoms with Crippen LogP contribution in [0.5, 0.6) is 6.01 Å². The number of methoxy groups -OCH3 is 1. The number of aliphatic hydroxyl groups excluding tert-OH is 1. The van der Waals surface area contributed by atoms with Gasteiger partial charge in [0, 0.05) is 0 Å². The number of aliphatic imine (C=N–C) groups is 1. The number of likely N-dealkylation sites (tertiary alicyclic amines) is 1. The Morgan fingerprint density at radius 1 is 1.06 bits per heavy atom. The Kier molecular flexibility index (Phi) is 11.3. The van der Waals surface area contributed by atoms with Gasteiger partial charge in [-0.2, -0.15) is 0 Å². The van der Waals surface area contributed by atoms with Crippen LogP contribution < -0.4 is 23.8 Å². The van der Waals surface area contributed by atoms with E-state index in [4.69, 9.17) is 4.74 Å². The first-order chi connectivity index (χ1) is 23.5. The van der Waals surface area contributed by atoms with E-state index in [2.05, 4.69) is 51.8 Å². The first-order valence-electron chi connectivity index (χ1n) is 16.1. The van der Waals surface area contributed by atoms with E-state index in [0.717, 1.165) is 63.6 Å². The number of aliphatic hydroxyl groups is 1. The molecular formula is C33H40IN11O3. The second kappa shape index (κ2) is 16.1. The summed E-state index contributed by atoms with van der Waals surface area (Å²) in [7, 11) is 1.52. The summed E-state index contributed by atoms with van der Waals surface area (Å²) in [4.78, 5) is 38.2. The van der Waals surface area contributed by atoms with Crippen molar-refractivity contribution in [2.24, 2.45) is 4.99 Å². The zero-order valence-corrected chi connectivity index (χ0v) is 29.0. The third-order valence-electron chi connectivity index (χ3n) is 8.42. The summed E-state index contributed by atoms with van der Waals surface area (Å²) in [5.74, 6) is 1.17. The van der Waals surface area contributed by atoms with Gasteiger partial charge in [0.15, 0.2) is 0 Å². The zero-order valence-electron chi connectivity index (χ0n) is 26.8. The maximum absolute atomic E-state index is 13.8. The van der Waals surface area contributed by atoms with Crippen molar-refractivity contribution in [3.63, 3.8) is 0 Å². The minimum atomic E-state index is -2.06. The van der Waals surface area contributed by atoms with Crippen LogP contribution >= 0.6 is 20.1 Å². The summed E-state index contributed by atoms with van der Waals surface area (Å²) in [5, 5.41) is 30.0. The number of amides is 2. The number of benzene rings is 1. The number of alkyl halides is 2. The topological polar surface area (TPSA) is 177 Å². The quantitative estimate of drug-likeness (QED) is 0.143. The SMILES string of the molecule is COc1ncc(-c2cnc(N(C(=O)NCc3ccccc3)I3CCC(NC4N=CC(C#N)=C(N5CCCC(O)CC5)N4)CC3)nc2)cn1. The number of rotatable bonds is 9. The van der Waals surface area contributed by atoms with Crippen molar-refractivity contribution < 1.29 is 14.6 Å². The van der Waals surface area contributed by atoms with Gasteiger partial charge in [-0.1, -0.05) is 0 Å². The van der Waals surface area contributed by atoms with E-state index in [-0.39, 0.29) is 30.5 Å². The number of allylic oxidation sites excluding steroid dienone is 1. The number of nitrogens with one attached hydrogen (secondary N) is 3. The number of aromatic nitrogens is 4. The van der Waals surface area contributed by atoms with Gasteiger partial charge in [-0.25, -0.2) is 0 Å². The van der Waals surface area contributed by atoms with Crippen molar-refractivity contribution in [1.82, 2.24) is 40.8 Å². The van der Waals surface area contributed by atoms with Crippen molar-refractivity contribution in [1.29, 1.82) is 5.26 Å². The van der Waals surface area contributed by atoms with Crippen LogP contribution in [-0.2, 0) is 6.54 Å². The standard InChI is InChI=1S/C33H40IN11O3/c1-48-32-39-21-26(22-40-32)25-19-37-31(38-20-25)45(33(47)41-17-23-6-3-2-4-7-23)34-12-9-27(10-13-34)42-30-36-18-24(16-35)29(43-30)44-14-5-8-28(46)11-15-44/h2-4,6-7,18-22,27-28,30,42-43,46H,5,8-15,17H2,1H3,(H,41,47). The van der Waals surface area contributed by atoms with Crippen LogP contribution in [0.4, 0.5) is 10.7 Å². The number of hydrogen-bond donors (Lipinski definition) is 4. The molecule has 4 N–H and O–H groups in total. The second-order valence-electron chi connectivity index (χ2n) is 11.7. The molecule has 3 aromatic rings. The average molecular weight is 766 g/mol. The summed E-state index contributed by atoms with van der Waals surface area (Å²) in [5.41, 5.74) is 3.01. The van der Waals surface area contributed by atoms with Crippen LogP contribution in [0.25, 0.3) is 11.1 Å². The fourth-order valence-electron chi connectivity index (χ4n) is 5.79. The van der Waals surface area contributed by atoms with E-state index >= 15 is 0 Å². The first-order valence-corrected chi connectivity index (χ1v) is 20.1. The number of nitrogens with zero attached hydrogens (tertiary/aromatic N) is 8. The van der Waals surface area contributed by atoms with Gasteiger partial charge in [0.05, 0.1) is 0 Å². The molecule has 2 amide bonds. The second-order valence-corrected chi connectivity index (χ2v) is 17.2. The third-order valence-corrected chi connectivity index (χ3v) is 14.4. The molecule has 3 aliphatic rings. The van der Waals surface area contributed by atoms with Gasteiger partial charge in [0.2, 0.25) is 0 Å². The van der Waals surface area contributed by atoms with Crippen LogP contribution in [0.1, 0.15) is 37.7 Å². The van der Waals surface area contributed by atoms with Gasteiger partial charge in [-0.3, -0.25) is 0 Å². The summed E-state index contributed by atoms with van der Waals surface area (Å²) in [6, 6.07) is 12.4. The van der Waals surface area contributed by atoms with Crippen LogP contribution in [-0.4, -0.2) is 89.7 Å². The fourth-order valence-corrected chi connectivity index (χ4v) is 11.9. The van der Waals surface area contributed by atoms with E-state index < -0.39 is 20.1 Å². The zero-order chi connectivity index (χ0) is 33.3. The number of nitriles is 1. The molecule has 2 aromatic heterocycles. The minimum absolute atomic E-state index is 0.184. The number of carbonyl (C=O) groups excluding carboxylic acids is 1. The van der Waals surface area contributed by atoms with E-state index in [1.807, 2.05) is 33.4 Å². The Hall–Kier alpha value is -4.40. The molecule has 3 aliphatic heterocycles. The third kappa shape index (κ3) is 8.35. The van der Waals surface area contributed by atoms with E-state index in [1.54, 1.807) is 31.0 Å². The van der Waals surface area contributed by atoms with Crippen LogP contribution in [0, 0.1) is 11.3 Å². The van der Waals surface area contributed by atoms with Crippen molar-refractivity contribution in [3.05, 3.63) is 72.1 Å². The molecule has 48 heavy (non-hydrogen) atoms.